The van der Waals surface area contributed by atoms with Gasteiger partial charge < -0.3 is 5.73 Å². The molecule has 0 amide bonds. The highest BCUT2D eigenvalue weighted by molar-refractivity contribution is 5.28. The Bertz CT molecular complexity index is 330. The summed E-state index contributed by atoms with van der Waals surface area (Å²) >= 11 is 0. The van der Waals surface area contributed by atoms with Gasteiger partial charge in [0.05, 0.1) is 5.56 Å². The predicted molar refractivity (Wildman–Crippen MR) is 43.7 cm³/mol. The van der Waals surface area contributed by atoms with Crippen molar-refractivity contribution in [1.29, 1.82) is 0 Å². The molecule has 5 heteroatoms. The first-order chi connectivity index (χ1) is 6.32. The molecule has 0 saturated heterocycles. The molecule has 1 aromatic carbocycles. The molecular weight excluding hydrogens is 198 g/mol. The molecule has 2 N–H and O–H groups in total. The van der Waals surface area contributed by atoms with Crippen molar-refractivity contribution in [1.82, 2.24) is 0 Å². The van der Waals surface area contributed by atoms with E-state index >= 15 is 0 Å². The summed E-state index contributed by atoms with van der Waals surface area (Å²) in [5.74, 6) is -1.32. The molecule has 0 fully saturated rings. The number of rotatable bonds is 1. The van der Waals surface area contributed by atoms with Crippen molar-refractivity contribution in [3.05, 3.63) is 42.1 Å². The molecule has 14 heavy (non-hydrogen) atoms. The summed E-state index contributed by atoms with van der Waals surface area (Å²) in [6, 6.07) is 1.80. The molecule has 1 atom stereocenters. The second-order valence-electron chi connectivity index (χ2n) is 2.84. The lowest BCUT2D eigenvalue weighted by atomic mass is 10.1. The quantitative estimate of drug-likeness (QED) is 0.702. The zero-order chi connectivity index (χ0) is 10.9. The Kier molecular flexibility index (Phi) is 2.80. The summed E-state index contributed by atoms with van der Waals surface area (Å²) in [4.78, 5) is 0. The highest BCUT2D eigenvalue weighted by Crippen LogP contribution is 2.32. The first-order valence-electron chi connectivity index (χ1n) is 3.77. The van der Waals surface area contributed by atoms with Gasteiger partial charge in [-0.15, -0.1) is 0 Å². The van der Waals surface area contributed by atoms with Crippen molar-refractivity contribution in [3.63, 3.8) is 0 Å². The van der Waals surface area contributed by atoms with Crippen molar-refractivity contribution < 1.29 is 17.6 Å². The summed E-state index contributed by atoms with van der Waals surface area (Å²) in [7, 11) is 0. The number of hydrogen-bond acceptors (Lipinski definition) is 1. The van der Waals surface area contributed by atoms with Gasteiger partial charge >= 0.3 is 6.18 Å². The smallest absolute Gasteiger partial charge is 0.324 e. The van der Waals surface area contributed by atoms with Gasteiger partial charge in [-0.25, -0.2) is 4.39 Å². The van der Waals surface area contributed by atoms with E-state index in [1.165, 1.54) is 0 Å². The Balaban J connectivity index is 3.15. The number of hydrogen-bond donors (Lipinski definition) is 1. The zero-order valence-electron chi connectivity index (χ0n) is 7.11. The third kappa shape index (κ3) is 2.23. The maximum atomic E-state index is 12.9. The Morgan fingerprint density at radius 1 is 1.29 bits per heavy atom. The maximum Gasteiger partial charge on any atom is 0.419 e. The molecule has 1 nitrogen and oxygen atoms in total. The zero-order valence-corrected chi connectivity index (χ0v) is 7.11. The van der Waals surface area contributed by atoms with Crippen molar-refractivity contribution in [3.8, 4) is 0 Å². The number of alkyl halides is 3. The average molecular weight is 206 g/mol. The number of benzene rings is 1. The standard InChI is InChI=1S/C9H8F4N/c1-5(14)6-2-3-7(8(10)4-6)9(11,12)13/h2-5H,1,14H2/t5-/m0/s1. The van der Waals surface area contributed by atoms with Crippen LogP contribution in [0.3, 0.4) is 0 Å². The van der Waals surface area contributed by atoms with Crippen LogP contribution in [-0.2, 0) is 6.18 Å². The molecule has 0 aromatic heterocycles. The van der Waals surface area contributed by atoms with E-state index in [4.69, 9.17) is 5.73 Å². The largest absolute Gasteiger partial charge is 0.419 e. The Labute approximate surface area is 78.5 Å². The van der Waals surface area contributed by atoms with E-state index in [1.807, 2.05) is 0 Å². The van der Waals surface area contributed by atoms with E-state index in [1.54, 1.807) is 0 Å². The average Bonchev–Trinajstić information content (AvgIpc) is 2.01. The van der Waals surface area contributed by atoms with Gasteiger partial charge in [0.2, 0.25) is 0 Å². The topological polar surface area (TPSA) is 26.0 Å². The third-order valence-electron chi connectivity index (χ3n) is 1.73. The summed E-state index contributed by atoms with van der Waals surface area (Å²) in [5.41, 5.74) is 4.22. The van der Waals surface area contributed by atoms with Crippen LogP contribution in [0.15, 0.2) is 18.2 Å². The number of halogens is 4. The second kappa shape index (κ2) is 3.57. The summed E-state index contributed by atoms with van der Waals surface area (Å²) in [5, 5.41) is 0. The summed E-state index contributed by atoms with van der Waals surface area (Å²) in [6.45, 7) is 3.37. The van der Waals surface area contributed by atoms with Gasteiger partial charge in [-0.1, -0.05) is 6.07 Å². The SMILES string of the molecule is [CH2][C@H](N)c1ccc(C(F)(F)F)c(F)c1. The summed E-state index contributed by atoms with van der Waals surface area (Å²) < 4.78 is 49.2. The molecular formula is C9H8F4N. The minimum atomic E-state index is -4.67. The second-order valence-corrected chi connectivity index (χ2v) is 2.84. The molecule has 0 aliphatic heterocycles. The lowest BCUT2D eigenvalue weighted by Gasteiger charge is -2.10. The first-order valence-corrected chi connectivity index (χ1v) is 3.77. The van der Waals surface area contributed by atoms with Crippen LogP contribution in [0, 0.1) is 12.7 Å². The minimum absolute atomic E-state index is 0.232. The molecule has 0 aliphatic rings. The highest BCUT2D eigenvalue weighted by atomic mass is 19.4. The van der Waals surface area contributed by atoms with Crippen LogP contribution in [0.1, 0.15) is 17.2 Å². The van der Waals surface area contributed by atoms with Gasteiger partial charge in [-0.3, -0.25) is 0 Å². The predicted octanol–water partition coefficient (Wildman–Crippen LogP) is 2.68. The van der Waals surface area contributed by atoms with Crippen LogP contribution in [0.5, 0.6) is 0 Å². The van der Waals surface area contributed by atoms with Crippen LogP contribution < -0.4 is 5.73 Å². The fraction of sp³-hybridized carbons (Fsp3) is 0.222. The fourth-order valence-corrected chi connectivity index (χ4v) is 0.992. The van der Waals surface area contributed by atoms with Gasteiger partial charge in [0.25, 0.3) is 0 Å². The van der Waals surface area contributed by atoms with Gasteiger partial charge in [0.15, 0.2) is 0 Å². The third-order valence-corrected chi connectivity index (χ3v) is 1.73. The molecule has 0 unspecified atom stereocenters. The van der Waals surface area contributed by atoms with Gasteiger partial charge in [-0.2, -0.15) is 13.2 Å². The van der Waals surface area contributed by atoms with E-state index in [-0.39, 0.29) is 5.56 Å². The van der Waals surface area contributed by atoms with Crippen molar-refractivity contribution in [2.45, 2.75) is 12.2 Å². The van der Waals surface area contributed by atoms with Gasteiger partial charge in [0, 0.05) is 6.04 Å². The molecule has 0 bridgehead atoms. The Morgan fingerprint density at radius 3 is 2.21 bits per heavy atom. The lowest BCUT2D eigenvalue weighted by molar-refractivity contribution is -0.140. The van der Waals surface area contributed by atoms with Crippen LogP contribution in [0.25, 0.3) is 0 Å². The van der Waals surface area contributed by atoms with Crippen LogP contribution in [-0.4, -0.2) is 0 Å². The van der Waals surface area contributed by atoms with E-state index in [2.05, 4.69) is 6.92 Å². The fourth-order valence-electron chi connectivity index (χ4n) is 0.992. The molecule has 0 heterocycles. The van der Waals surface area contributed by atoms with E-state index in [0.717, 1.165) is 12.1 Å². The van der Waals surface area contributed by atoms with Gasteiger partial charge in [-0.05, 0) is 24.6 Å². The first kappa shape index (κ1) is 11.0. The molecule has 77 valence electrons. The van der Waals surface area contributed by atoms with E-state index < -0.39 is 23.6 Å². The normalized spacial score (nSPS) is 14.1. The van der Waals surface area contributed by atoms with Gasteiger partial charge in [0.1, 0.15) is 5.82 Å². The van der Waals surface area contributed by atoms with Crippen molar-refractivity contribution >= 4 is 0 Å². The number of nitrogens with two attached hydrogens (primary N) is 1. The van der Waals surface area contributed by atoms with E-state index in [9.17, 15) is 17.6 Å². The Hall–Kier alpha value is -1.10. The molecule has 0 saturated carbocycles. The van der Waals surface area contributed by atoms with Crippen LogP contribution in [0.2, 0.25) is 0 Å². The van der Waals surface area contributed by atoms with E-state index in [0.29, 0.717) is 6.07 Å². The maximum absolute atomic E-state index is 12.9. The lowest BCUT2D eigenvalue weighted by Crippen LogP contribution is -2.11. The molecule has 1 rings (SSSR count). The summed E-state index contributed by atoms with van der Waals surface area (Å²) in [6.07, 6.45) is -4.67. The van der Waals surface area contributed by atoms with Crippen molar-refractivity contribution in [2.75, 3.05) is 0 Å². The monoisotopic (exact) mass is 206 g/mol. The highest BCUT2D eigenvalue weighted by Gasteiger charge is 2.33. The molecule has 0 spiro atoms. The molecule has 1 aromatic rings. The minimum Gasteiger partial charge on any atom is -0.324 e. The van der Waals surface area contributed by atoms with Crippen molar-refractivity contribution in [2.24, 2.45) is 5.73 Å². The molecule has 0 aliphatic carbocycles. The van der Waals surface area contributed by atoms with Crippen LogP contribution in [0.4, 0.5) is 17.6 Å². The van der Waals surface area contributed by atoms with Crippen LogP contribution >= 0.6 is 0 Å². The molecule has 1 radical (unpaired) electrons. The Morgan fingerprint density at radius 2 is 1.86 bits per heavy atom.